The first kappa shape index (κ1) is 20.4. The Labute approximate surface area is 219 Å². The van der Waals surface area contributed by atoms with Crippen LogP contribution in [0.5, 0.6) is 0 Å². The van der Waals surface area contributed by atoms with Gasteiger partial charge >= 0.3 is 0 Å². The first-order valence-electron chi connectivity index (χ1n) is 13.2. The van der Waals surface area contributed by atoms with Crippen LogP contribution in [-0.4, -0.2) is 4.92 Å². The molecule has 0 atom stereocenters. The summed E-state index contributed by atoms with van der Waals surface area (Å²) in [4.78, 5) is 13.1. The molecule has 0 amide bonds. The lowest BCUT2D eigenvalue weighted by Gasteiger charge is -2.47. The van der Waals surface area contributed by atoms with Crippen LogP contribution in [0, 0.1) is 10.1 Å². The van der Waals surface area contributed by atoms with Crippen molar-refractivity contribution < 1.29 is 4.92 Å². The minimum atomic E-state index is -0.207. The molecule has 0 spiro atoms. The number of nitro groups is 1. The Balaban J connectivity index is 1.47. The van der Waals surface area contributed by atoms with Gasteiger partial charge in [0.15, 0.2) is 0 Å². The Hall–Kier alpha value is -4.70. The molecule has 4 bridgehead atoms. The zero-order chi connectivity index (χ0) is 25.3. The molecule has 180 valence electrons. The number of anilines is 1. The van der Waals surface area contributed by atoms with E-state index in [0.29, 0.717) is 0 Å². The Kier molecular flexibility index (Phi) is 3.64. The van der Waals surface area contributed by atoms with E-state index in [-0.39, 0.29) is 34.3 Å². The van der Waals surface area contributed by atoms with E-state index in [1.165, 1.54) is 22.3 Å². The number of nitrogen functional groups attached to an aromatic ring is 1. The van der Waals surface area contributed by atoms with E-state index in [1.54, 1.807) is 0 Å². The molecular weight excluding hydrogens is 468 g/mol. The van der Waals surface area contributed by atoms with Gasteiger partial charge in [-0.25, -0.2) is 0 Å². The molecule has 6 aliphatic carbocycles. The highest BCUT2D eigenvalue weighted by molar-refractivity contribution is 5.86. The van der Waals surface area contributed by atoms with Gasteiger partial charge in [-0.2, -0.15) is 0 Å². The number of rotatable bonds is 1. The average Bonchev–Trinajstić information content (AvgIpc) is 2.96. The zero-order valence-electron chi connectivity index (χ0n) is 20.4. The SMILES string of the molecule is Nc1c2c(c([N+](=O)[O-])c3c1C1c4ccccc4C3c3ccccc31)C1c3ccccc3C2c2ccccc21. The highest BCUT2D eigenvalue weighted by atomic mass is 16.6. The molecular formula is C34H22N2O2. The molecule has 0 heterocycles. The van der Waals surface area contributed by atoms with Crippen molar-refractivity contribution in [2.24, 2.45) is 0 Å². The molecule has 11 rings (SSSR count). The lowest BCUT2D eigenvalue weighted by molar-refractivity contribution is -0.386. The van der Waals surface area contributed by atoms with Crippen molar-refractivity contribution in [1.29, 1.82) is 0 Å². The van der Waals surface area contributed by atoms with Gasteiger partial charge in [0, 0.05) is 40.5 Å². The van der Waals surface area contributed by atoms with Gasteiger partial charge in [-0.05, 0) is 55.6 Å². The standard InChI is InChI=1S/C34H22N2O2/c35-33-29-25-17-9-1-5-13-21(17)27(22-14-6-2-10-18(22)25)31(29)34(36(37)38)32-28-23-15-7-3-11-19(23)26(30(32)33)20-12-4-8-16-24(20)28/h1-16,25-28H,35H2. The van der Waals surface area contributed by atoms with E-state index in [1.807, 2.05) is 24.3 Å². The molecule has 0 unspecified atom stereocenters. The molecule has 0 saturated carbocycles. The molecule has 4 heteroatoms. The third kappa shape index (κ3) is 2.16. The second-order valence-electron chi connectivity index (χ2n) is 10.9. The smallest absolute Gasteiger partial charge is 0.278 e. The van der Waals surface area contributed by atoms with Crippen LogP contribution in [0.2, 0.25) is 0 Å². The van der Waals surface area contributed by atoms with Gasteiger partial charge in [0.1, 0.15) is 0 Å². The van der Waals surface area contributed by atoms with Crippen LogP contribution < -0.4 is 5.73 Å². The molecule has 0 aromatic heterocycles. The summed E-state index contributed by atoms with van der Waals surface area (Å²) >= 11 is 0. The predicted octanol–water partition coefficient (Wildman–Crippen LogP) is 7.15. The molecule has 0 radical (unpaired) electrons. The van der Waals surface area contributed by atoms with Crippen molar-refractivity contribution in [1.82, 2.24) is 0 Å². The molecule has 38 heavy (non-hydrogen) atoms. The average molecular weight is 491 g/mol. The summed E-state index contributed by atoms with van der Waals surface area (Å²) in [6.45, 7) is 0. The van der Waals surface area contributed by atoms with Gasteiger partial charge in [-0.1, -0.05) is 97.1 Å². The predicted molar refractivity (Wildman–Crippen MR) is 147 cm³/mol. The van der Waals surface area contributed by atoms with Crippen LogP contribution in [0.3, 0.4) is 0 Å². The number of nitrogens with zero attached hydrogens (tertiary/aromatic N) is 1. The molecule has 0 saturated heterocycles. The molecule has 5 aromatic carbocycles. The fourth-order valence-electron chi connectivity index (χ4n) is 8.30. The van der Waals surface area contributed by atoms with Crippen LogP contribution in [0.15, 0.2) is 97.1 Å². The van der Waals surface area contributed by atoms with E-state index >= 15 is 0 Å². The maximum atomic E-state index is 13.2. The molecule has 0 fully saturated rings. The fourth-order valence-corrected chi connectivity index (χ4v) is 8.30. The van der Waals surface area contributed by atoms with Crippen LogP contribution >= 0.6 is 0 Å². The van der Waals surface area contributed by atoms with Gasteiger partial charge in [-0.3, -0.25) is 10.1 Å². The van der Waals surface area contributed by atoms with E-state index in [0.717, 1.165) is 50.2 Å². The Morgan fingerprint density at radius 1 is 0.474 bits per heavy atom. The topological polar surface area (TPSA) is 69.2 Å². The van der Waals surface area contributed by atoms with E-state index in [9.17, 15) is 10.1 Å². The number of benzene rings is 5. The second kappa shape index (κ2) is 6.78. The minimum Gasteiger partial charge on any atom is -0.398 e. The van der Waals surface area contributed by atoms with Crippen molar-refractivity contribution in [3.63, 3.8) is 0 Å². The van der Waals surface area contributed by atoms with Crippen molar-refractivity contribution in [2.45, 2.75) is 23.7 Å². The Morgan fingerprint density at radius 3 is 0.947 bits per heavy atom. The largest absolute Gasteiger partial charge is 0.398 e. The van der Waals surface area contributed by atoms with E-state index in [2.05, 4.69) is 72.8 Å². The van der Waals surface area contributed by atoms with E-state index < -0.39 is 0 Å². The van der Waals surface area contributed by atoms with Crippen LogP contribution in [0.4, 0.5) is 11.4 Å². The van der Waals surface area contributed by atoms with Crippen LogP contribution in [0.25, 0.3) is 0 Å². The number of nitrogens with two attached hydrogens (primary N) is 1. The van der Waals surface area contributed by atoms with Crippen LogP contribution in [-0.2, 0) is 0 Å². The fraction of sp³-hybridized carbons (Fsp3) is 0.118. The molecule has 4 nitrogen and oxygen atoms in total. The summed E-state index contributed by atoms with van der Waals surface area (Å²) < 4.78 is 0. The quantitative estimate of drug-likeness (QED) is 0.151. The maximum absolute atomic E-state index is 13.2. The summed E-state index contributed by atoms with van der Waals surface area (Å²) in [7, 11) is 0. The van der Waals surface area contributed by atoms with Crippen molar-refractivity contribution in [3.05, 3.63) is 174 Å². The van der Waals surface area contributed by atoms with Crippen LogP contribution in [0.1, 0.15) is 90.4 Å². The second-order valence-corrected chi connectivity index (χ2v) is 10.9. The zero-order valence-corrected chi connectivity index (χ0v) is 20.4. The third-order valence-electron chi connectivity index (χ3n) is 9.48. The molecule has 0 aliphatic heterocycles. The monoisotopic (exact) mass is 490 g/mol. The van der Waals surface area contributed by atoms with Crippen molar-refractivity contribution in [3.8, 4) is 0 Å². The van der Waals surface area contributed by atoms with Gasteiger partial charge in [-0.15, -0.1) is 0 Å². The third-order valence-corrected chi connectivity index (χ3v) is 9.48. The summed E-state index contributed by atoms with van der Waals surface area (Å²) in [6, 6.07) is 33.7. The summed E-state index contributed by atoms with van der Waals surface area (Å²) in [5.74, 6) is -0.641. The summed E-state index contributed by atoms with van der Waals surface area (Å²) in [5, 5.41) is 13.2. The highest BCUT2D eigenvalue weighted by Gasteiger charge is 2.53. The summed E-state index contributed by atoms with van der Waals surface area (Å²) in [6.07, 6.45) is 0. The van der Waals surface area contributed by atoms with Gasteiger partial charge in [0.2, 0.25) is 0 Å². The number of nitro benzene ring substituents is 1. The van der Waals surface area contributed by atoms with Gasteiger partial charge < -0.3 is 5.73 Å². The first-order valence-corrected chi connectivity index (χ1v) is 13.2. The Morgan fingerprint density at radius 2 is 0.711 bits per heavy atom. The molecule has 5 aromatic rings. The van der Waals surface area contributed by atoms with Crippen molar-refractivity contribution >= 4 is 11.4 Å². The lowest BCUT2D eigenvalue weighted by Crippen LogP contribution is -2.34. The highest BCUT2D eigenvalue weighted by Crippen LogP contribution is 2.66. The number of hydrogen-bond acceptors (Lipinski definition) is 3. The normalized spacial score (nSPS) is 22.0. The van der Waals surface area contributed by atoms with E-state index in [4.69, 9.17) is 5.73 Å². The maximum Gasteiger partial charge on any atom is 0.278 e. The summed E-state index contributed by atoms with van der Waals surface area (Å²) in [5.41, 5.74) is 21.3. The molecule has 6 aliphatic rings. The Bertz CT molecular complexity index is 1680. The minimum absolute atomic E-state index is 0.114. The molecule has 2 N–H and O–H groups in total. The van der Waals surface area contributed by atoms with Gasteiger partial charge in [0.05, 0.1) is 4.92 Å². The first-order chi connectivity index (χ1) is 18.7. The lowest BCUT2D eigenvalue weighted by atomic mass is 9.55. The van der Waals surface area contributed by atoms with Crippen molar-refractivity contribution in [2.75, 3.05) is 5.73 Å². The number of hydrogen-bond donors (Lipinski definition) is 1. The van der Waals surface area contributed by atoms with Gasteiger partial charge in [0.25, 0.3) is 5.69 Å².